The van der Waals surface area contributed by atoms with Crippen molar-refractivity contribution < 1.29 is 9.90 Å². The van der Waals surface area contributed by atoms with Gasteiger partial charge in [-0.15, -0.1) is 0 Å². The number of carbonyl (C=O) groups is 1. The maximum absolute atomic E-state index is 12.1. The van der Waals surface area contributed by atoms with Crippen molar-refractivity contribution in [2.75, 3.05) is 38.1 Å². The summed E-state index contributed by atoms with van der Waals surface area (Å²) in [5, 5.41) is 10.9. The zero-order valence-corrected chi connectivity index (χ0v) is 18.4. The van der Waals surface area contributed by atoms with E-state index in [1.165, 1.54) is 11.3 Å². The lowest BCUT2D eigenvalue weighted by Crippen LogP contribution is -2.44. The number of aromatic nitrogens is 1. The highest BCUT2D eigenvalue weighted by Crippen LogP contribution is 2.31. The summed E-state index contributed by atoms with van der Waals surface area (Å²) < 4.78 is 1.98. The Morgan fingerprint density at radius 3 is 2.47 bits per heavy atom. The summed E-state index contributed by atoms with van der Waals surface area (Å²) in [5.41, 5.74) is 6.10. The van der Waals surface area contributed by atoms with E-state index in [2.05, 4.69) is 74.0 Å². The minimum absolute atomic E-state index is 0.319. The van der Waals surface area contributed by atoms with E-state index in [-0.39, 0.29) is 0 Å². The zero-order chi connectivity index (χ0) is 21.4. The molecule has 4 rings (SSSR count). The number of nitrogens with zero attached hydrogens (tertiary/aromatic N) is 3. The molecule has 5 heteroatoms. The molecule has 0 amide bonds. The highest BCUT2D eigenvalue weighted by Gasteiger charge is 2.20. The van der Waals surface area contributed by atoms with Gasteiger partial charge in [0.25, 0.3) is 0 Å². The molecule has 0 unspecified atom stereocenters. The van der Waals surface area contributed by atoms with Crippen molar-refractivity contribution in [3.05, 3.63) is 64.8 Å². The lowest BCUT2D eigenvalue weighted by molar-refractivity contribution is 0.0686. The predicted molar refractivity (Wildman–Crippen MR) is 123 cm³/mol. The number of piperazine rings is 1. The molecule has 1 aliphatic heterocycles. The van der Waals surface area contributed by atoms with Gasteiger partial charge < -0.3 is 19.5 Å². The second-order valence-corrected chi connectivity index (χ2v) is 8.83. The summed E-state index contributed by atoms with van der Waals surface area (Å²) in [7, 11) is 2.16. The van der Waals surface area contributed by atoms with Crippen molar-refractivity contribution in [3.8, 4) is 0 Å². The fourth-order valence-electron chi connectivity index (χ4n) is 4.48. The molecule has 0 aliphatic carbocycles. The number of carboxylic acid groups (broad SMARTS) is 1. The smallest absolute Gasteiger partial charge is 0.352 e. The second-order valence-electron chi connectivity index (χ2n) is 8.83. The van der Waals surface area contributed by atoms with Gasteiger partial charge in [0, 0.05) is 43.8 Å². The van der Waals surface area contributed by atoms with Crippen LogP contribution in [0.5, 0.6) is 0 Å². The number of carboxylic acids is 1. The predicted octanol–water partition coefficient (Wildman–Crippen LogP) is 4.57. The Morgan fingerprint density at radius 1 is 1.07 bits per heavy atom. The van der Waals surface area contributed by atoms with Crippen molar-refractivity contribution in [2.24, 2.45) is 0 Å². The first-order chi connectivity index (χ1) is 14.3. The third-order valence-electron chi connectivity index (χ3n) is 6.13. The maximum atomic E-state index is 12.1. The van der Waals surface area contributed by atoms with Gasteiger partial charge in [-0.2, -0.15) is 0 Å². The van der Waals surface area contributed by atoms with E-state index < -0.39 is 5.97 Å². The topological polar surface area (TPSA) is 48.7 Å². The van der Waals surface area contributed by atoms with Crippen LogP contribution in [0.2, 0.25) is 0 Å². The van der Waals surface area contributed by atoms with E-state index in [9.17, 15) is 9.90 Å². The standard InChI is InChI=1S/C25H31N3O2/c1-17(2)22-13-18(3)12-20-15-23(25(29)30)28(24(20)22)16-19-6-5-7-21(14-19)27-10-8-26(4)9-11-27/h5-7,12-15,17H,8-11,16H2,1-4H3,(H,29,30). The molecule has 0 atom stereocenters. The summed E-state index contributed by atoms with van der Waals surface area (Å²) >= 11 is 0. The normalized spacial score (nSPS) is 15.3. The van der Waals surface area contributed by atoms with Gasteiger partial charge in [-0.1, -0.05) is 37.6 Å². The van der Waals surface area contributed by atoms with E-state index in [0.29, 0.717) is 18.2 Å². The lowest BCUT2D eigenvalue weighted by Gasteiger charge is -2.34. The van der Waals surface area contributed by atoms with Gasteiger partial charge in [0.05, 0.1) is 5.52 Å². The minimum Gasteiger partial charge on any atom is -0.477 e. The van der Waals surface area contributed by atoms with Gasteiger partial charge in [0.15, 0.2) is 0 Å². The molecule has 2 heterocycles. The molecule has 0 bridgehead atoms. The molecule has 1 saturated heterocycles. The summed E-state index contributed by atoms with van der Waals surface area (Å²) in [6.07, 6.45) is 0. The van der Waals surface area contributed by atoms with Gasteiger partial charge >= 0.3 is 5.97 Å². The van der Waals surface area contributed by atoms with Crippen LogP contribution in [-0.4, -0.2) is 53.8 Å². The number of likely N-dealkylation sites (N-methyl/N-ethyl adjacent to an activating group) is 1. The van der Waals surface area contributed by atoms with E-state index in [4.69, 9.17) is 0 Å². The van der Waals surface area contributed by atoms with E-state index >= 15 is 0 Å². The van der Waals surface area contributed by atoms with E-state index in [1.807, 2.05) is 10.6 Å². The molecule has 30 heavy (non-hydrogen) atoms. The molecule has 1 N–H and O–H groups in total. The number of rotatable bonds is 5. The van der Waals surface area contributed by atoms with Crippen LogP contribution in [0.4, 0.5) is 5.69 Å². The SMILES string of the molecule is Cc1cc(C(C)C)c2c(c1)cc(C(=O)O)n2Cc1cccc(N2CCN(C)CC2)c1. The van der Waals surface area contributed by atoms with Crippen molar-refractivity contribution in [3.63, 3.8) is 0 Å². The van der Waals surface area contributed by atoms with Crippen molar-refractivity contribution in [1.29, 1.82) is 0 Å². The average Bonchev–Trinajstić information content (AvgIpc) is 3.06. The summed E-state index contributed by atoms with van der Waals surface area (Å²) in [6, 6.07) is 14.7. The van der Waals surface area contributed by atoms with Crippen LogP contribution in [0.1, 0.15) is 46.9 Å². The third kappa shape index (κ3) is 3.94. The fourth-order valence-corrected chi connectivity index (χ4v) is 4.48. The largest absolute Gasteiger partial charge is 0.477 e. The summed E-state index contributed by atoms with van der Waals surface area (Å²) in [5.74, 6) is -0.562. The van der Waals surface area contributed by atoms with Gasteiger partial charge in [-0.05, 0) is 55.3 Å². The van der Waals surface area contributed by atoms with Crippen LogP contribution >= 0.6 is 0 Å². The third-order valence-corrected chi connectivity index (χ3v) is 6.13. The fraction of sp³-hybridized carbons (Fsp3) is 0.400. The molecule has 5 nitrogen and oxygen atoms in total. The molecule has 1 fully saturated rings. The summed E-state index contributed by atoms with van der Waals surface area (Å²) in [4.78, 5) is 16.8. The van der Waals surface area contributed by atoms with Gasteiger partial charge in [0.2, 0.25) is 0 Å². The molecule has 0 spiro atoms. The Morgan fingerprint density at radius 2 is 1.80 bits per heavy atom. The highest BCUT2D eigenvalue weighted by atomic mass is 16.4. The first kappa shape index (κ1) is 20.5. The number of anilines is 1. The molecule has 0 saturated carbocycles. The Kier molecular flexibility index (Phi) is 5.56. The maximum Gasteiger partial charge on any atom is 0.352 e. The molecular formula is C25H31N3O2. The molecule has 1 aromatic heterocycles. The molecule has 158 valence electrons. The quantitative estimate of drug-likeness (QED) is 0.675. The Balaban J connectivity index is 1.76. The van der Waals surface area contributed by atoms with Crippen molar-refractivity contribution in [1.82, 2.24) is 9.47 Å². The minimum atomic E-state index is -0.881. The molecule has 2 aromatic carbocycles. The van der Waals surface area contributed by atoms with E-state index in [1.54, 1.807) is 0 Å². The van der Waals surface area contributed by atoms with Crippen LogP contribution in [0, 0.1) is 6.92 Å². The Labute approximate surface area is 178 Å². The van der Waals surface area contributed by atoms with Crippen LogP contribution in [-0.2, 0) is 6.54 Å². The van der Waals surface area contributed by atoms with Crippen LogP contribution in [0.25, 0.3) is 10.9 Å². The number of fused-ring (bicyclic) bond motifs is 1. The number of benzene rings is 2. The van der Waals surface area contributed by atoms with E-state index in [0.717, 1.165) is 48.2 Å². The van der Waals surface area contributed by atoms with Crippen LogP contribution < -0.4 is 4.90 Å². The number of aryl methyl sites for hydroxylation is 1. The molecule has 3 aromatic rings. The average molecular weight is 406 g/mol. The summed E-state index contributed by atoms with van der Waals surface area (Å²) in [6.45, 7) is 11.1. The van der Waals surface area contributed by atoms with Crippen LogP contribution in [0.15, 0.2) is 42.5 Å². The Hall–Kier alpha value is -2.79. The number of aromatic carboxylic acids is 1. The van der Waals surface area contributed by atoms with Crippen molar-refractivity contribution >= 4 is 22.6 Å². The highest BCUT2D eigenvalue weighted by molar-refractivity contribution is 5.96. The van der Waals surface area contributed by atoms with Gasteiger partial charge in [0.1, 0.15) is 5.69 Å². The Bertz CT molecular complexity index is 1080. The number of hydrogen-bond acceptors (Lipinski definition) is 3. The molecule has 1 aliphatic rings. The monoisotopic (exact) mass is 405 g/mol. The van der Waals surface area contributed by atoms with Crippen molar-refractivity contribution in [2.45, 2.75) is 33.2 Å². The first-order valence-electron chi connectivity index (χ1n) is 10.7. The molecule has 0 radical (unpaired) electrons. The molecular weight excluding hydrogens is 374 g/mol. The van der Waals surface area contributed by atoms with Crippen LogP contribution in [0.3, 0.4) is 0 Å². The second kappa shape index (κ2) is 8.15. The number of hydrogen-bond donors (Lipinski definition) is 1. The lowest BCUT2D eigenvalue weighted by atomic mass is 9.98. The first-order valence-corrected chi connectivity index (χ1v) is 10.7. The van der Waals surface area contributed by atoms with Gasteiger partial charge in [-0.3, -0.25) is 0 Å². The zero-order valence-electron chi connectivity index (χ0n) is 18.4. The van der Waals surface area contributed by atoms with Gasteiger partial charge in [-0.25, -0.2) is 4.79 Å².